The van der Waals surface area contributed by atoms with Crippen molar-refractivity contribution < 1.29 is 18.7 Å². The van der Waals surface area contributed by atoms with Gasteiger partial charge in [0, 0.05) is 10.9 Å². The minimum Gasteiger partial charge on any atom is -0.497 e. The van der Waals surface area contributed by atoms with Crippen LogP contribution < -0.4 is 10.1 Å². The summed E-state index contributed by atoms with van der Waals surface area (Å²) < 4.78 is 10.8. The number of thiophene rings is 1. The van der Waals surface area contributed by atoms with E-state index in [1.165, 1.54) is 6.26 Å². The number of hydrogen-bond acceptors (Lipinski definition) is 5. The van der Waals surface area contributed by atoms with Gasteiger partial charge in [0.05, 0.1) is 19.9 Å². The molecule has 1 aliphatic rings. The maximum atomic E-state index is 13.6. The molecule has 1 N–H and O–H groups in total. The molecular weight excluding hydrogens is 412 g/mol. The molecule has 1 fully saturated rings. The number of carbonyl (C=O) groups is 2. The first-order chi connectivity index (χ1) is 15.2. The molecule has 3 aromatic rings. The smallest absolute Gasteiger partial charge is 0.290 e. The van der Waals surface area contributed by atoms with Crippen molar-refractivity contribution in [2.75, 3.05) is 7.11 Å². The predicted octanol–water partition coefficient (Wildman–Crippen LogP) is 4.79. The highest BCUT2D eigenvalue weighted by Gasteiger charge is 2.35. The van der Waals surface area contributed by atoms with E-state index in [4.69, 9.17) is 9.15 Å². The van der Waals surface area contributed by atoms with Crippen molar-refractivity contribution in [1.29, 1.82) is 0 Å². The zero-order valence-corrected chi connectivity index (χ0v) is 18.3. The first-order valence-corrected chi connectivity index (χ1v) is 11.3. The van der Waals surface area contributed by atoms with Crippen molar-refractivity contribution in [2.45, 2.75) is 44.3 Å². The molecule has 1 aliphatic carbocycles. The standard InChI is InChI=1S/C24H26N2O4S/c1-29-19-10-4-7-17(15-19)22(23(27)25-18-8-2-3-9-18)26(16-20-11-6-14-31-20)24(28)21-12-5-13-30-21/h4-7,10-15,18,22H,2-3,8-9,16H2,1H3,(H,25,27). The van der Waals surface area contributed by atoms with Gasteiger partial charge in [0.15, 0.2) is 5.76 Å². The van der Waals surface area contributed by atoms with E-state index < -0.39 is 6.04 Å². The molecule has 0 aliphatic heterocycles. The lowest BCUT2D eigenvalue weighted by Gasteiger charge is -2.31. The highest BCUT2D eigenvalue weighted by Crippen LogP contribution is 2.30. The number of rotatable bonds is 8. The molecule has 1 atom stereocenters. The molecule has 0 bridgehead atoms. The van der Waals surface area contributed by atoms with Crippen LogP contribution in [-0.4, -0.2) is 29.9 Å². The van der Waals surface area contributed by atoms with Crippen molar-refractivity contribution in [3.8, 4) is 5.75 Å². The van der Waals surface area contributed by atoms with Crippen molar-refractivity contribution in [3.05, 3.63) is 76.4 Å². The van der Waals surface area contributed by atoms with Gasteiger partial charge in [-0.05, 0) is 54.1 Å². The Hall–Kier alpha value is -3.06. The molecule has 1 unspecified atom stereocenters. The summed E-state index contributed by atoms with van der Waals surface area (Å²) in [6.45, 7) is 0.303. The van der Waals surface area contributed by atoms with E-state index in [2.05, 4.69) is 5.32 Å². The fourth-order valence-corrected chi connectivity index (χ4v) is 4.73. The van der Waals surface area contributed by atoms with Crippen LogP contribution >= 0.6 is 11.3 Å². The molecule has 31 heavy (non-hydrogen) atoms. The molecular formula is C24H26N2O4S. The maximum Gasteiger partial charge on any atom is 0.290 e. The van der Waals surface area contributed by atoms with Crippen molar-refractivity contribution in [2.24, 2.45) is 0 Å². The van der Waals surface area contributed by atoms with Crippen molar-refractivity contribution in [1.82, 2.24) is 10.2 Å². The Balaban J connectivity index is 1.73. The molecule has 1 aromatic carbocycles. The van der Waals surface area contributed by atoms with Crippen LogP contribution in [0.3, 0.4) is 0 Å². The number of hydrogen-bond donors (Lipinski definition) is 1. The van der Waals surface area contributed by atoms with Crippen molar-refractivity contribution in [3.63, 3.8) is 0 Å². The second-order valence-corrected chi connectivity index (χ2v) is 8.69. The lowest BCUT2D eigenvalue weighted by atomic mass is 10.0. The Bertz CT molecular complexity index is 995. The molecule has 0 saturated heterocycles. The number of carbonyl (C=O) groups excluding carboxylic acids is 2. The molecule has 6 nitrogen and oxygen atoms in total. The Kier molecular flexibility index (Phi) is 6.72. The quantitative estimate of drug-likeness (QED) is 0.549. The van der Waals surface area contributed by atoms with E-state index in [0.29, 0.717) is 17.9 Å². The highest BCUT2D eigenvalue weighted by molar-refractivity contribution is 7.09. The predicted molar refractivity (Wildman–Crippen MR) is 119 cm³/mol. The summed E-state index contributed by atoms with van der Waals surface area (Å²) in [6, 6.07) is 13.9. The molecule has 4 rings (SSSR count). The Labute approximate surface area is 185 Å². The van der Waals surface area contributed by atoms with Crippen LogP contribution in [0.1, 0.15) is 52.7 Å². The normalized spacial score (nSPS) is 14.9. The van der Waals surface area contributed by atoms with Gasteiger partial charge in [0.2, 0.25) is 5.91 Å². The van der Waals surface area contributed by atoms with Gasteiger partial charge in [-0.25, -0.2) is 0 Å². The number of methoxy groups -OCH3 is 1. The second-order valence-electron chi connectivity index (χ2n) is 7.66. The molecule has 0 spiro atoms. The lowest BCUT2D eigenvalue weighted by molar-refractivity contribution is -0.126. The molecule has 0 radical (unpaired) electrons. The number of nitrogens with one attached hydrogen (secondary N) is 1. The largest absolute Gasteiger partial charge is 0.497 e. The zero-order chi connectivity index (χ0) is 21.6. The molecule has 162 valence electrons. The minimum atomic E-state index is -0.810. The average molecular weight is 439 g/mol. The lowest BCUT2D eigenvalue weighted by Crippen LogP contribution is -2.45. The van der Waals surface area contributed by atoms with Crippen LogP contribution in [0, 0.1) is 0 Å². The third kappa shape index (κ3) is 4.99. The van der Waals surface area contributed by atoms with E-state index in [0.717, 1.165) is 30.6 Å². The van der Waals surface area contributed by atoms with Gasteiger partial charge in [0.25, 0.3) is 5.91 Å². The third-order valence-corrected chi connectivity index (χ3v) is 6.43. The van der Waals surface area contributed by atoms with Gasteiger partial charge in [-0.1, -0.05) is 31.0 Å². The van der Waals surface area contributed by atoms with Crippen molar-refractivity contribution >= 4 is 23.2 Å². The summed E-state index contributed by atoms with van der Waals surface area (Å²) in [5, 5.41) is 5.14. The van der Waals surface area contributed by atoms with E-state index in [9.17, 15) is 9.59 Å². The van der Waals surface area contributed by atoms with Gasteiger partial charge in [-0.15, -0.1) is 11.3 Å². The monoisotopic (exact) mass is 438 g/mol. The fraction of sp³-hybridized carbons (Fsp3) is 0.333. The van der Waals surface area contributed by atoms with Crippen LogP contribution in [0.5, 0.6) is 5.75 Å². The number of ether oxygens (including phenoxy) is 1. The van der Waals surface area contributed by atoms with Crippen LogP contribution in [-0.2, 0) is 11.3 Å². The van der Waals surface area contributed by atoms with Gasteiger partial charge in [-0.3, -0.25) is 9.59 Å². The fourth-order valence-electron chi connectivity index (χ4n) is 4.03. The Morgan fingerprint density at radius 3 is 2.71 bits per heavy atom. The van der Waals surface area contributed by atoms with Crippen LogP contribution in [0.25, 0.3) is 0 Å². The first-order valence-electron chi connectivity index (χ1n) is 10.5. The Morgan fingerprint density at radius 1 is 1.19 bits per heavy atom. The minimum absolute atomic E-state index is 0.142. The molecule has 2 aromatic heterocycles. The van der Waals surface area contributed by atoms with Crippen LogP contribution in [0.2, 0.25) is 0 Å². The molecule has 7 heteroatoms. The Morgan fingerprint density at radius 2 is 2.03 bits per heavy atom. The number of amides is 2. The molecule has 2 amide bonds. The summed E-state index contributed by atoms with van der Waals surface area (Å²) in [5.74, 6) is 0.334. The van der Waals surface area contributed by atoms with E-state index in [-0.39, 0.29) is 23.6 Å². The second kappa shape index (κ2) is 9.83. The highest BCUT2D eigenvalue weighted by atomic mass is 32.1. The SMILES string of the molecule is COc1cccc(C(C(=O)NC2CCCC2)N(Cc2cccs2)C(=O)c2ccco2)c1. The average Bonchev–Trinajstić information content (AvgIpc) is 3.56. The number of furan rings is 1. The summed E-state index contributed by atoms with van der Waals surface area (Å²) in [5.41, 5.74) is 0.700. The number of benzene rings is 1. The summed E-state index contributed by atoms with van der Waals surface area (Å²) in [4.78, 5) is 29.6. The van der Waals surface area contributed by atoms with E-state index in [1.807, 2.05) is 41.8 Å². The topological polar surface area (TPSA) is 71.8 Å². The van der Waals surface area contributed by atoms with E-state index >= 15 is 0 Å². The zero-order valence-electron chi connectivity index (χ0n) is 17.5. The number of nitrogens with zero attached hydrogens (tertiary/aromatic N) is 1. The summed E-state index contributed by atoms with van der Waals surface area (Å²) in [7, 11) is 1.59. The third-order valence-electron chi connectivity index (χ3n) is 5.57. The molecule has 2 heterocycles. The van der Waals surface area contributed by atoms with Gasteiger partial charge in [-0.2, -0.15) is 0 Å². The summed E-state index contributed by atoms with van der Waals surface area (Å²) in [6.07, 6.45) is 5.62. The molecule has 1 saturated carbocycles. The first kappa shape index (κ1) is 21.2. The van der Waals surface area contributed by atoms with Crippen LogP contribution in [0.15, 0.2) is 64.6 Å². The summed E-state index contributed by atoms with van der Waals surface area (Å²) >= 11 is 1.55. The van der Waals surface area contributed by atoms with Gasteiger partial charge in [0.1, 0.15) is 11.8 Å². The van der Waals surface area contributed by atoms with Gasteiger partial charge < -0.3 is 19.4 Å². The maximum absolute atomic E-state index is 13.6. The van der Waals surface area contributed by atoms with E-state index in [1.54, 1.807) is 35.5 Å². The van der Waals surface area contributed by atoms with Gasteiger partial charge >= 0.3 is 0 Å². The van der Waals surface area contributed by atoms with Crippen LogP contribution in [0.4, 0.5) is 0 Å².